The molecule has 4 heteroatoms. The number of rotatable bonds is 5. The number of benzene rings is 1. The zero-order chi connectivity index (χ0) is 13.7. The summed E-state index contributed by atoms with van der Waals surface area (Å²) in [5.41, 5.74) is 1.18. The van der Waals surface area contributed by atoms with Crippen LogP contribution in [0.5, 0.6) is 0 Å². The van der Waals surface area contributed by atoms with Gasteiger partial charge in [0.25, 0.3) is 5.78 Å². The maximum Gasteiger partial charge on any atom is 0.380 e. The molecule has 0 saturated heterocycles. The van der Waals surface area contributed by atoms with Crippen molar-refractivity contribution in [3.05, 3.63) is 57.8 Å². The highest BCUT2D eigenvalue weighted by molar-refractivity contribution is 7.14. The standard InChI is InChI=1S/C15H14O3S/c1-2-18-15(17)14(16)13-9-8-12(19-13)10-11-6-4-3-5-7-11/h3-9H,2,10H2,1H3. The summed E-state index contributed by atoms with van der Waals surface area (Å²) in [7, 11) is 0. The fourth-order valence-electron chi connectivity index (χ4n) is 1.69. The second kappa shape index (κ2) is 6.29. The molecule has 1 aromatic carbocycles. The third-order valence-electron chi connectivity index (χ3n) is 2.57. The summed E-state index contributed by atoms with van der Waals surface area (Å²) in [6.07, 6.45) is 0.765. The first kappa shape index (κ1) is 13.5. The Morgan fingerprint density at radius 1 is 1.11 bits per heavy atom. The van der Waals surface area contributed by atoms with E-state index in [2.05, 4.69) is 0 Å². The van der Waals surface area contributed by atoms with Crippen LogP contribution in [0, 0.1) is 0 Å². The monoisotopic (exact) mass is 274 g/mol. The fourth-order valence-corrected chi connectivity index (χ4v) is 2.66. The second-order valence-electron chi connectivity index (χ2n) is 3.98. The van der Waals surface area contributed by atoms with Crippen LogP contribution in [0.3, 0.4) is 0 Å². The number of ketones is 1. The van der Waals surface area contributed by atoms with Gasteiger partial charge < -0.3 is 4.74 Å². The molecule has 0 amide bonds. The molecule has 2 rings (SSSR count). The highest BCUT2D eigenvalue weighted by Gasteiger charge is 2.19. The molecule has 0 unspecified atom stereocenters. The van der Waals surface area contributed by atoms with Crippen molar-refractivity contribution in [1.82, 2.24) is 0 Å². The van der Waals surface area contributed by atoms with Crippen LogP contribution in [-0.2, 0) is 16.0 Å². The van der Waals surface area contributed by atoms with Crippen molar-refractivity contribution in [2.24, 2.45) is 0 Å². The maximum atomic E-state index is 11.7. The van der Waals surface area contributed by atoms with Crippen molar-refractivity contribution >= 4 is 23.1 Å². The third kappa shape index (κ3) is 3.51. The van der Waals surface area contributed by atoms with E-state index >= 15 is 0 Å². The normalized spacial score (nSPS) is 10.2. The lowest BCUT2D eigenvalue weighted by atomic mass is 10.1. The van der Waals surface area contributed by atoms with E-state index in [-0.39, 0.29) is 6.61 Å². The van der Waals surface area contributed by atoms with Crippen LogP contribution in [0.15, 0.2) is 42.5 Å². The maximum absolute atomic E-state index is 11.7. The Balaban J connectivity index is 2.07. The Kier molecular flexibility index (Phi) is 4.47. The molecular formula is C15H14O3S. The van der Waals surface area contributed by atoms with E-state index in [1.165, 1.54) is 16.9 Å². The van der Waals surface area contributed by atoms with Crippen LogP contribution in [0.25, 0.3) is 0 Å². The predicted octanol–water partition coefficient (Wildman–Crippen LogP) is 3.08. The summed E-state index contributed by atoms with van der Waals surface area (Å²) in [5, 5.41) is 0. The molecule has 0 atom stereocenters. The largest absolute Gasteiger partial charge is 0.460 e. The average molecular weight is 274 g/mol. The van der Waals surface area contributed by atoms with E-state index in [0.29, 0.717) is 4.88 Å². The van der Waals surface area contributed by atoms with Gasteiger partial charge in [-0.05, 0) is 24.6 Å². The second-order valence-corrected chi connectivity index (χ2v) is 5.15. The van der Waals surface area contributed by atoms with Gasteiger partial charge in [0.2, 0.25) is 0 Å². The molecule has 0 bridgehead atoms. The van der Waals surface area contributed by atoms with E-state index in [1.54, 1.807) is 13.0 Å². The van der Waals surface area contributed by atoms with Crippen molar-refractivity contribution in [3.8, 4) is 0 Å². The third-order valence-corrected chi connectivity index (χ3v) is 3.65. The highest BCUT2D eigenvalue weighted by Crippen LogP contribution is 2.20. The number of hydrogen-bond acceptors (Lipinski definition) is 4. The lowest BCUT2D eigenvalue weighted by molar-refractivity contribution is -0.137. The lowest BCUT2D eigenvalue weighted by Gasteiger charge is -1.98. The molecule has 0 aliphatic carbocycles. The lowest BCUT2D eigenvalue weighted by Crippen LogP contribution is -2.16. The zero-order valence-corrected chi connectivity index (χ0v) is 11.4. The van der Waals surface area contributed by atoms with Crippen molar-refractivity contribution in [1.29, 1.82) is 0 Å². The van der Waals surface area contributed by atoms with E-state index in [0.717, 1.165) is 11.3 Å². The van der Waals surface area contributed by atoms with E-state index in [1.807, 2.05) is 36.4 Å². The van der Waals surface area contributed by atoms with Gasteiger partial charge in [0, 0.05) is 11.3 Å². The van der Waals surface area contributed by atoms with Gasteiger partial charge in [-0.25, -0.2) is 4.79 Å². The van der Waals surface area contributed by atoms with Crippen LogP contribution in [0.4, 0.5) is 0 Å². The van der Waals surface area contributed by atoms with Gasteiger partial charge in [-0.3, -0.25) is 4.79 Å². The van der Waals surface area contributed by atoms with E-state index in [4.69, 9.17) is 4.74 Å². The minimum absolute atomic E-state index is 0.215. The van der Waals surface area contributed by atoms with Crippen molar-refractivity contribution in [2.45, 2.75) is 13.3 Å². The van der Waals surface area contributed by atoms with Gasteiger partial charge in [0.1, 0.15) is 0 Å². The molecule has 0 aliphatic heterocycles. The van der Waals surface area contributed by atoms with Crippen molar-refractivity contribution in [3.63, 3.8) is 0 Å². The minimum Gasteiger partial charge on any atom is -0.460 e. The summed E-state index contributed by atoms with van der Waals surface area (Å²) in [5.74, 6) is -1.35. The number of hydrogen-bond donors (Lipinski definition) is 0. The first-order valence-corrected chi connectivity index (χ1v) is 6.86. The quantitative estimate of drug-likeness (QED) is 0.478. The van der Waals surface area contributed by atoms with Crippen LogP contribution < -0.4 is 0 Å². The Morgan fingerprint density at radius 2 is 1.84 bits per heavy atom. The van der Waals surface area contributed by atoms with E-state index in [9.17, 15) is 9.59 Å². The molecule has 3 nitrogen and oxygen atoms in total. The van der Waals surface area contributed by atoms with Crippen LogP contribution in [-0.4, -0.2) is 18.4 Å². The van der Waals surface area contributed by atoms with Crippen molar-refractivity contribution in [2.75, 3.05) is 6.61 Å². The molecule has 1 heterocycles. The molecule has 1 aromatic heterocycles. The number of ether oxygens (including phenoxy) is 1. The molecule has 0 spiro atoms. The molecule has 0 radical (unpaired) electrons. The van der Waals surface area contributed by atoms with Crippen LogP contribution >= 0.6 is 11.3 Å². The van der Waals surface area contributed by atoms with Crippen LogP contribution in [0.1, 0.15) is 27.0 Å². The summed E-state index contributed by atoms with van der Waals surface area (Å²) in [6.45, 7) is 1.90. The Bertz CT molecular complexity index is 572. The predicted molar refractivity (Wildman–Crippen MR) is 74.5 cm³/mol. The van der Waals surface area contributed by atoms with Gasteiger partial charge in [-0.2, -0.15) is 0 Å². The Morgan fingerprint density at radius 3 is 2.53 bits per heavy atom. The van der Waals surface area contributed by atoms with Gasteiger partial charge in [0.05, 0.1) is 11.5 Å². The first-order valence-electron chi connectivity index (χ1n) is 6.04. The summed E-state index contributed by atoms with van der Waals surface area (Å²) in [6, 6.07) is 13.6. The van der Waals surface area contributed by atoms with Gasteiger partial charge in [-0.15, -0.1) is 11.3 Å². The molecular weight excluding hydrogens is 260 g/mol. The molecule has 2 aromatic rings. The molecule has 98 valence electrons. The van der Waals surface area contributed by atoms with E-state index < -0.39 is 11.8 Å². The van der Waals surface area contributed by atoms with Gasteiger partial charge in [0.15, 0.2) is 0 Å². The number of carbonyl (C=O) groups excluding carboxylic acids is 2. The van der Waals surface area contributed by atoms with Gasteiger partial charge >= 0.3 is 5.97 Å². The first-order chi connectivity index (χ1) is 9.20. The molecule has 0 N–H and O–H groups in total. The number of carbonyl (C=O) groups is 2. The molecule has 0 fully saturated rings. The molecule has 19 heavy (non-hydrogen) atoms. The Labute approximate surface area is 115 Å². The molecule has 0 aliphatic rings. The molecule has 0 saturated carbocycles. The minimum atomic E-state index is -0.782. The summed E-state index contributed by atoms with van der Waals surface area (Å²) >= 11 is 1.34. The SMILES string of the molecule is CCOC(=O)C(=O)c1ccc(Cc2ccccc2)s1. The summed E-state index contributed by atoms with van der Waals surface area (Å²) in [4.78, 5) is 24.6. The Hall–Kier alpha value is -1.94. The van der Waals surface area contributed by atoms with Crippen molar-refractivity contribution < 1.29 is 14.3 Å². The highest BCUT2D eigenvalue weighted by atomic mass is 32.1. The summed E-state index contributed by atoms with van der Waals surface area (Å²) < 4.78 is 4.70. The zero-order valence-electron chi connectivity index (χ0n) is 10.6. The van der Waals surface area contributed by atoms with Crippen LogP contribution in [0.2, 0.25) is 0 Å². The number of Topliss-reactive ketones (excluding diaryl/α,β-unsaturated/α-hetero) is 1. The topological polar surface area (TPSA) is 43.4 Å². The number of thiophene rings is 1. The fraction of sp³-hybridized carbons (Fsp3) is 0.200. The number of esters is 1. The average Bonchev–Trinajstić information content (AvgIpc) is 2.88. The smallest absolute Gasteiger partial charge is 0.380 e. The van der Waals surface area contributed by atoms with Gasteiger partial charge in [-0.1, -0.05) is 30.3 Å².